The van der Waals surface area contributed by atoms with E-state index in [2.05, 4.69) is 27.8 Å². The van der Waals surface area contributed by atoms with Gasteiger partial charge in [0.15, 0.2) is 6.10 Å². The van der Waals surface area contributed by atoms with Crippen LogP contribution in [0.3, 0.4) is 0 Å². The fourth-order valence-electron chi connectivity index (χ4n) is 2.35. The zero-order valence-electron chi connectivity index (χ0n) is 12.3. The summed E-state index contributed by atoms with van der Waals surface area (Å²) in [6.07, 6.45) is -0.583. The molecular weight excluding hydrogens is 339 g/mol. The van der Waals surface area contributed by atoms with Crippen LogP contribution in [0.2, 0.25) is 0 Å². The summed E-state index contributed by atoms with van der Waals surface area (Å²) in [5, 5.41) is 0. The van der Waals surface area contributed by atoms with Crippen LogP contribution >= 0.6 is 15.9 Å². The molecule has 0 N–H and O–H groups in total. The maximum Gasteiger partial charge on any atom is 0.263 e. The van der Waals surface area contributed by atoms with Crippen LogP contribution < -0.4 is 4.74 Å². The van der Waals surface area contributed by atoms with Crippen molar-refractivity contribution in [3.63, 3.8) is 0 Å². The molecule has 0 saturated carbocycles. The maximum atomic E-state index is 13.0. The third-order valence-corrected chi connectivity index (χ3v) is 4.30. The van der Waals surface area contributed by atoms with Crippen molar-refractivity contribution in [3.05, 3.63) is 28.5 Å². The van der Waals surface area contributed by atoms with E-state index in [9.17, 15) is 9.18 Å². The van der Waals surface area contributed by atoms with Gasteiger partial charge in [-0.15, -0.1) is 0 Å². The SMILES string of the molecule is CCN1CCN(C(=O)C(C)Oc2ccc(F)cc2Br)CC1. The van der Waals surface area contributed by atoms with Gasteiger partial charge in [-0.05, 0) is 47.6 Å². The van der Waals surface area contributed by atoms with Crippen molar-refractivity contribution in [3.8, 4) is 5.75 Å². The molecule has 1 amide bonds. The van der Waals surface area contributed by atoms with Crippen molar-refractivity contribution in [1.82, 2.24) is 9.80 Å². The summed E-state index contributed by atoms with van der Waals surface area (Å²) in [6, 6.07) is 4.17. The number of carbonyl (C=O) groups excluding carboxylic acids is 1. The van der Waals surface area contributed by atoms with Crippen LogP contribution in [0.5, 0.6) is 5.75 Å². The summed E-state index contributed by atoms with van der Waals surface area (Å²) >= 11 is 3.24. The highest BCUT2D eigenvalue weighted by atomic mass is 79.9. The monoisotopic (exact) mass is 358 g/mol. The zero-order chi connectivity index (χ0) is 15.4. The first kappa shape index (κ1) is 16.2. The number of carbonyl (C=O) groups is 1. The Morgan fingerprint density at radius 2 is 2.05 bits per heavy atom. The molecule has 4 nitrogen and oxygen atoms in total. The second kappa shape index (κ2) is 7.22. The molecule has 1 fully saturated rings. The first-order valence-corrected chi connectivity index (χ1v) is 7.93. The predicted octanol–water partition coefficient (Wildman–Crippen LogP) is 2.52. The molecule has 116 valence electrons. The van der Waals surface area contributed by atoms with Gasteiger partial charge >= 0.3 is 0 Å². The number of benzene rings is 1. The van der Waals surface area contributed by atoms with Gasteiger partial charge < -0.3 is 14.5 Å². The van der Waals surface area contributed by atoms with Crippen LogP contribution in [0.25, 0.3) is 0 Å². The van der Waals surface area contributed by atoms with Crippen LogP contribution in [0.1, 0.15) is 13.8 Å². The minimum Gasteiger partial charge on any atom is -0.480 e. The molecule has 1 heterocycles. The lowest BCUT2D eigenvalue weighted by atomic mass is 10.2. The van der Waals surface area contributed by atoms with Crippen LogP contribution in [0.4, 0.5) is 4.39 Å². The van der Waals surface area contributed by atoms with Crippen molar-refractivity contribution in [2.24, 2.45) is 0 Å². The van der Waals surface area contributed by atoms with Gasteiger partial charge in [-0.25, -0.2) is 4.39 Å². The highest BCUT2D eigenvalue weighted by Crippen LogP contribution is 2.26. The molecule has 1 unspecified atom stereocenters. The highest BCUT2D eigenvalue weighted by molar-refractivity contribution is 9.10. The minimum atomic E-state index is -0.583. The van der Waals surface area contributed by atoms with E-state index >= 15 is 0 Å². The van der Waals surface area contributed by atoms with Crippen LogP contribution in [-0.4, -0.2) is 54.5 Å². The van der Waals surface area contributed by atoms with Crippen molar-refractivity contribution in [1.29, 1.82) is 0 Å². The Bertz CT molecular complexity index is 504. The van der Waals surface area contributed by atoms with Gasteiger partial charge in [-0.1, -0.05) is 6.92 Å². The first-order valence-electron chi connectivity index (χ1n) is 7.14. The third kappa shape index (κ3) is 4.17. The number of likely N-dealkylation sites (N-methyl/N-ethyl adjacent to an activating group) is 1. The number of rotatable bonds is 4. The third-order valence-electron chi connectivity index (χ3n) is 3.68. The average molecular weight is 359 g/mol. The number of ether oxygens (including phenoxy) is 1. The zero-order valence-corrected chi connectivity index (χ0v) is 13.9. The number of nitrogens with zero attached hydrogens (tertiary/aromatic N) is 2. The molecule has 0 spiro atoms. The Morgan fingerprint density at radius 3 is 2.62 bits per heavy atom. The smallest absolute Gasteiger partial charge is 0.263 e. The van der Waals surface area contributed by atoms with Crippen LogP contribution in [0.15, 0.2) is 22.7 Å². The normalized spacial score (nSPS) is 17.6. The molecule has 1 saturated heterocycles. The lowest BCUT2D eigenvalue weighted by Gasteiger charge is -2.35. The van der Waals surface area contributed by atoms with Gasteiger partial charge in [0.25, 0.3) is 5.91 Å². The molecule has 1 atom stereocenters. The molecule has 0 aromatic heterocycles. The lowest BCUT2D eigenvalue weighted by molar-refractivity contribution is -0.139. The number of hydrogen-bond acceptors (Lipinski definition) is 3. The number of hydrogen-bond donors (Lipinski definition) is 0. The van der Waals surface area contributed by atoms with E-state index in [-0.39, 0.29) is 11.7 Å². The summed E-state index contributed by atoms with van der Waals surface area (Å²) in [7, 11) is 0. The standard InChI is InChI=1S/C15H20BrFN2O2/c1-3-18-6-8-19(9-7-18)15(20)11(2)21-14-5-4-12(17)10-13(14)16/h4-5,10-11H,3,6-9H2,1-2H3. The van der Waals surface area contributed by atoms with Crippen molar-refractivity contribution < 1.29 is 13.9 Å². The minimum absolute atomic E-state index is 0.0259. The maximum absolute atomic E-state index is 13.0. The molecule has 1 aliphatic heterocycles. The fraction of sp³-hybridized carbons (Fsp3) is 0.533. The van der Waals surface area contributed by atoms with Gasteiger partial charge in [-0.3, -0.25) is 4.79 Å². The Balaban J connectivity index is 1.93. The summed E-state index contributed by atoms with van der Waals surface area (Å²) in [6.45, 7) is 8.11. The lowest BCUT2D eigenvalue weighted by Crippen LogP contribution is -2.51. The van der Waals surface area contributed by atoms with Gasteiger partial charge in [0.1, 0.15) is 11.6 Å². The van der Waals surface area contributed by atoms with E-state index in [0.717, 1.165) is 32.7 Å². The van der Waals surface area contributed by atoms with Crippen molar-refractivity contribution >= 4 is 21.8 Å². The van der Waals surface area contributed by atoms with Gasteiger partial charge in [-0.2, -0.15) is 0 Å². The molecule has 1 aromatic carbocycles. The average Bonchev–Trinajstić information content (AvgIpc) is 2.49. The Labute approximate surface area is 133 Å². The highest BCUT2D eigenvalue weighted by Gasteiger charge is 2.25. The van der Waals surface area contributed by atoms with Gasteiger partial charge in [0.05, 0.1) is 4.47 Å². The van der Waals surface area contributed by atoms with Gasteiger partial charge in [0.2, 0.25) is 0 Å². The van der Waals surface area contributed by atoms with Crippen molar-refractivity contribution in [2.75, 3.05) is 32.7 Å². The first-order chi connectivity index (χ1) is 10.0. The predicted molar refractivity (Wildman–Crippen MR) is 82.9 cm³/mol. The summed E-state index contributed by atoms with van der Waals surface area (Å²) in [5.41, 5.74) is 0. The Kier molecular flexibility index (Phi) is 5.58. The summed E-state index contributed by atoms with van der Waals surface area (Å²) in [4.78, 5) is 16.5. The molecule has 1 aliphatic rings. The second-order valence-corrected chi connectivity index (χ2v) is 5.95. The number of halogens is 2. The van der Waals surface area contributed by atoms with E-state index in [4.69, 9.17) is 4.74 Å². The number of amides is 1. The molecule has 21 heavy (non-hydrogen) atoms. The quantitative estimate of drug-likeness (QED) is 0.828. The van der Waals surface area contributed by atoms with E-state index in [1.54, 1.807) is 6.92 Å². The second-order valence-electron chi connectivity index (χ2n) is 5.09. The van der Waals surface area contributed by atoms with E-state index in [1.165, 1.54) is 18.2 Å². The summed E-state index contributed by atoms with van der Waals surface area (Å²) in [5.74, 6) is 0.107. The molecule has 2 rings (SSSR count). The van der Waals surface area contributed by atoms with Gasteiger partial charge in [0, 0.05) is 26.2 Å². The van der Waals surface area contributed by atoms with E-state index in [1.807, 2.05) is 4.90 Å². The number of piperazine rings is 1. The van der Waals surface area contributed by atoms with E-state index in [0.29, 0.717) is 10.2 Å². The van der Waals surface area contributed by atoms with Crippen LogP contribution in [-0.2, 0) is 4.79 Å². The molecule has 6 heteroatoms. The molecule has 0 radical (unpaired) electrons. The van der Waals surface area contributed by atoms with E-state index < -0.39 is 6.10 Å². The fourth-order valence-corrected chi connectivity index (χ4v) is 2.80. The molecule has 0 aliphatic carbocycles. The largest absolute Gasteiger partial charge is 0.480 e. The topological polar surface area (TPSA) is 32.8 Å². The Hall–Kier alpha value is -1.14. The molecule has 1 aromatic rings. The molecule has 0 bridgehead atoms. The van der Waals surface area contributed by atoms with Crippen molar-refractivity contribution in [2.45, 2.75) is 20.0 Å². The summed E-state index contributed by atoms with van der Waals surface area (Å²) < 4.78 is 19.2. The Morgan fingerprint density at radius 1 is 1.38 bits per heavy atom. The molecular formula is C15H20BrFN2O2. The van der Waals surface area contributed by atoms with Crippen LogP contribution in [0, 0.1) is 5.82 Å².